The standard InChI is InChI=1S/C13H17N5S3/c1-4-19-8-6-5-7-9(10(8)11(14)15)20-13-17-16-12(21-13)18(2)3/h5-7H,4H2,1-3H3,(H3,14,15). The van der Waals surface area contributed by atoms with Gasteiger partial charge in [0.1, 0.15) is 5.84 Å². The number of nitrogens with two attached hydrogens (primary N) is 1. The van der Waals surface area contributed by atoms with Crippen LogP contribution in [0.3, 0.4) is 0 Å². The molecule has 0 spiro atoms. The molecule has 0 unspecified atom stereocenters. The second-order valence-electron chi connectivity index (χ2n) is 4.32. The second kappa shape index (κ2) is 7.15. The zero-order chi connectivity index (χ0) is 15.4. The number of nitrogens with one attached hydrogen (secondary N) is 1. The van der Waals surface area contributed by atoms with E-state index in [9.17, 15) is 0 Å². The largest absolute Gasteiger partial charge is 0.384 e. The maximum Gasteiger partial charge on any atom is 0.208 e. The number of rotatable bonds is 6. The van der Waals surface area contributed by atoms with Gasteiger partial charge < -0.3 is 10.6 Å². The Morgan fingerprint density at radius 1 is 1.33 bits per heavy atom. The van der Waals surface area contributed by atoms with Crippen LogP contribution in [0.4, 0.5) is 5.13 Å². The van der Waals surface area contributed by atoms with Crippen LogP contribution >= 0.6 is 34.9 Å². The van der Waals surface area contributed by atoms with E-state index in [1.54, 1.807) is 11.8 Å². The quantitative estimate of drug-likeness (QED) is 0.478. The molecule has 1 heterocycles. The Labute approximate surface area is 136 Å². The molecule has 0 radical (unpaired) electrons. The molecule has 0 fully saturated rings. The number of benzene rings is 1. The van der Waals surface area contributed by atoms with Crippen molar-refractivity contribution in [2.45, 2.75) is 21.1 Å². The Balaban J connectivity index is 2.34. The topological polar surface area (TPSA) is 78.9 Å². The maximum atomic E-state index is 7.85. The molecular formula is C13H17N5S3. The highest BCUT2D eigenvalue weighted by atomic mass is 32.2. The van der Waals surface area contributed by atoms with Crippen LogP contribution in [0, 0.1) is 5.41 Å². The van der Waals surface area contributed by atoms with E-state index in [0.29, 0.717) is 0 Å². The summed E-state index contributed by atoms with van der Waals surface area (Å²) in [7, 11) is 3.88. The monoisotopic (exact) mass is 339 g/mol. The molecule has 0 aliphatic heterocycles. The molecule has 8 heteroatoms. The SMILES string of the molecule is CCSc1cccc(Sc2nnc(N(C)C)s2)c1C(=N)N. The Hall–Kier alpha value is -1.25. The van der Waals surface area contributed by atoms with Crippen molar-refractivity contribution in [3.8, 4) is 0 Å². The fourth-order valence-electron chi connectivity index (χ4n) is 1.66. The number of nitrogen functional groups attached to an aromatic ring is 1. The number of thioether (sulfide) groups is 1. The van der Waals surface area contributed by atoms with Gasteiger partial charge in [-0.05, 0) is 17.9 Å². The van der Waals surface area contributed by atoms with Crippen molar-refractivity contribution in [2.75, 3.05) is 24.7 Å². The van der Waals surface area contributed by atoms with Crippen LogP contribution in [0.15, 0.2) is 32.3 Å². The Morgan fingerprint density at radius 3 is 2.62 bits per heavy atom. The minimum Gasteiger partial charge on any atom is -0.384 e. The van der Waals surface area contributed by atoms with Gasteiger partial charge in [-0.3, -0.25) is 5.41 Å². The van der Waals surface area contributed by atoms with Crippen molar-refractivity contribution in [1.82, 2.24) is 10.2 Å². The van der Waals surface area contributed by atoms with Crippen LogP contribution < -0.4 is 10.6 Å². The predicted octanol–water partition coefficient (Wildman–Crippen LogP) is 3.15. The highest BCUT2D eigenvalue weighted by Gasteiger charge is 2.15. The molecule has 0 bridgehead atoms. The van der Waals surface area contributed by atoms with Crippen LogP contribution in [0.25, 0.3) is 0 Å². The molecule has 0 atom stereocenters. The van der Waals surface area contributed by atoms with Gasteiger partial charge in [0, 0.05) is 29.4 Å². The van der Waals surface area contributed by atoms with Crippen molar-refractivity contribution in [2.24, 2.45) is 5.73 Å². The summed E-state index contributed by atoms with van der Waals surface area (Å²) in [6.07, 6.45) is 0. The van der Waals surface area contributed by atoms with E-state index in [-0.39, 0.29) is 5.84 Å². The van der Waals surface area contributed by atoms with Gasteiger partial charge in [-0.2, -0.15) is 0 Å². The van der Waals surface area contributed by atoms with Gasteiger partial charge in [0.15, 0.2) is 4.34 Å². The molecule has 21 heavy (non-hydrogen) atoms. The summed E-state index contributed by atoms with van der Waals surface area (Å²) in [6.45, 7) is 2.09. The fraction of sp³-hybridized carbons (Fsp3) is 0.308. The molecule has 0 saturated heterocycles. The first-order valence-corrected chi connectivity index (χ1v) is 8.93. The van der Waals surface area contributed by atoms with Crippen LogP contribution in [0.1, 0.15) is 12.5 Å². The predicted molar refractivity (Wildman–Crippen MR) is 92.2 cm³/mol. The first kappa shape index (κ1) is 16.1. The van der Waals surface area contributed by atoms with Gasteiger partial charge >= 0.3 is 0 Å². The van der Waals surface area contributed by atoms with Crippen LogP contribution in [0.5, 0.6) is 0 Å². The minimum atomic E-state index is 0.0893. The summed E-state index contributed by atoms with van der Waals surface area (Å²) < 4.78 is 0.847. The smallest absolute Gasteiger partial charge is 0.208 e. The van der Waals surface area contributed by atoms with Crippen LogP contribution in [0.2, 0.25) is 0 Å². The molecule has 0 amide bonds. The van der Waals surface area contributed by atoms with Crippen molar-refractivity contribution < 1.29 is 0 Å². The van der Waals surface area contributed by atoms with E-state index in [4.69, 9.17) is 11.1 Å². The van der Waals surface area contributed by atoms with Gasteiger partial charge in [-0.1, -0.05) is 36.1 Å². The Bertz CT molecular complexity index is 638. The van der Waals surface area contributed by atoms with E-state index in [0.717, 1.165) is 30.6 Å². The lowest BCUT2D eigenvalue weighted by Gasteiger charge is -2.11. The average Bonchev–Trinajstić information content (AvgIpc) is 2.87. The van der Waals surface area contributed by atoms with E-state index in [2.05, 4.69) is 17.1 Å². The summed E-state index contributed by atoms with van der Waals surface area (Å²) in [5.41, 5.74) is 6.56. The average molecular weight is 340 g/mol. The van der Waals surface area contributed by atoms with Crippen molar-refractivity contribution in [3.63, 3.8) is 0 Å². The van der Waals surface area contributed by atoms with Crippen molar-refractivity contribution >= 4 is 45.8 Å². The molecule has 0 aliphatic rings. The Kier molecular flexibility index (Phi) is 5.49. The second-order valence-corrected chi connectivity index (χ2v) is 7.87. The summed E-state index contributed by atoms with van der Waals surface area (Å²) in [4.78, 5) is 3.91. The minimum absolute atomic E-state index is 0.0893. The Morgan fingerprint density at radius 2 is 2.05 bits per heavy atom. The molecule has 0 saturated carbocycles. The maximum absolute atomic E-state index is 7.85. The van der Waals surface area contributed by atoms with Crippen molar-refractivity contribution in [1.29, 1.82) is 5.41 Å². The molecule has 5 nitrogen and oxygen atoms in total. The summed E-state index contributed by atoms with van der Waals surface area (Å²) >= 11 is 4.72. The lowest BCUT2D eigenvalue weighted by molar-refractivity contribution is 0.972. The highest BCUT2D eigenvalue weighted by molar-refractivity contribution is 8.01. The normalized spacial score (nSPS) is 10.6. The molecular weight excluding hydrogens is 322 g/mol. The zero-order valence-electron chi connectivity index (χ0n) is 12.1. The third-order valence-corrected chi connectivity index (χ3v) is 5.67. The third kappa shape index (κ3) is 3.90. The van der Waals surface area contributed by atoms with Gasteiger partial charge in [-0.15, -0.1) is 22.0 Å². The highest BCUT2D eigenvalue weighted by Crippen LogP contribution is 2.37. The number of nitrogens with zero attached hydrogens (tertiary/aromatic N) is 3. The molecule has 112 valence electrons. The lowest BCUT2D eigenvalue weighted by Crippen LogP contribution is -2.13. The van der Waals surface area contributed by atoms with E-state index >= 15 is 0 Å². The molecule has 1 aromatic heterocycles. The van der Waals surface area contributed by atoms with E-state index < -0.39 is 0 Å². The van der Waals surface area contributed by atoms with Crippen LogP contribution in [-0.2, 0) is 0 Å². The van der Waals surface area contributed by atoms with Crippen molar-refractivity contribution in [3.05, 3.63) is 23.8 Å². The van der Waals surface area contributed by atoms with Gasteiger partial charge in [0.2, 0.25) is 5.13 Å². The van der Waals surface area contributed by atoms with Gasteiger partial charge in [0.05, 0.1) is 0 Å². The van der Waals surface area contributed by atoms with Gasteiger partial charge in [0.25, 0.3) is 0 Å². The zero-order valence-corrected chi connectivity index (χ0v) is 14.5. The lowest BCUT2D eigenvalue weighted by atomic mass is 10.2. The molecule has 1 aromatic carbocycles. The summed E-state index contributed by atoms with van der Waals surface area (Å²) in [6, 6.07) is 5.96. The molecule has 0 aliphatic carbocycles. The number of hydrogen-bond donors (Lipinski definition) is 2. The van der Waals surface area contributed by atoms with Gasteiger partial charge in [-0.25, -0.2) is 0 Å². The molecule has 2 rings (SSSR count). The number of amidine groups is 1. The summed E-state index contributed by atoms with van der Waals surface area (Å²) in [5, 5.41) is 17.0. The first-order chi connectivity index (χ1) is 10.0. The van der Waals surface area contributed by atoms with E-state index in [1.165, 1.54) is 23.1 Å². The third-order valence-electron chi connectivity index (χ3n) is 2.53. The first-order valence-electron chi connectivity index (χ1n) is 6.31. The molecule has 3 N–H and O–H groups in total. The van der Waals surface area contributed by atoms with Crippen LogP contribution in [-0.4, -0.2) is 35.9 Å². The van der Waals surface area contributed by atoms with E-state index in [1.807, 2.05) is 37.2 Å². The molecule has 2 aromatic rings. The number of aromatic nitrogens is 2. The number of anilines is 1. The summed E-state index contributed by atoms with van der Waals surface area (Å²) in [5.74, 6) is 1.03. The fourth-order valence-corrected chi connectivity index (χ4v) is 4.47. The number of hydrogen-bond acceptors (Lipinski definition) is 7.